The third-order valence-electron chi connectivity index (χ3n) is 2.35. The Hall–Kier alpha value is -0.970. The maximum absolute atomic E-state index is 10.5. The van der Waals surface area contributed by atoms with Gasteiger partial charge >= 0.3 is 0 Å². The molecule has 0 fully saturated rings. The second kappa shape index (κ2) is 10.9. The normalized spacial score (nSPS) is 11.2. The minimum absolute atomic E-state index is 0.0421. The van der Waals surface area contributed by atoms with Gasteiger partial charge in [-0.15, -0.1) is 0 Å². The van der Waals surface area contributed by atoms with Crippen LogP contribution in [-0.2, 0) is 16.0 Å². The second-order valence-corrected chi connectivity index (χ2v) is 4.62. The van der Waals surface area contributed by atoms with Crippen LogP contribution < -0.4 is 5.73 Å². The number of aromatic nitrogens is 1. The highest BCUT2D eigenvalue weighted by Crippen LogP contribution is 2.13. The Labute approximate surface area is 123 Å². The highest BCUT2D eigenvalue weighted by atomic mass is 35.5. The quantitative estimate of drug-likeness (QED) is 0.820. The predicted octanol–water partition coefficient (Wildman–Crippen LogP) is 2.52. The Morgan fingerprint density at radius 2 is 2.05 bits per heavy atom. The van der Waals surface area contributed by atoms with Crippen molar-refractivity contribution in [2.24, 2.45) is 11.7 Å². The Kier molecular flexibility index (Phi) is 10.4. The van der Waals surface area contributed by atoms with E-state index in [9.17, 15) is 9.59 Å². The smallest absolute Gasteiger partial charge is 0.225 e. The predicted molar refractivity (Wildman–Crippen MR) is 77.1 cm³/mol. The summed E-state index contributed by atoms with van der Waals surface area (Å²) in [5.74, 6) is -0.410. The molecule has 19 heavy (non-hydrogen) atoms. The van der Waals surface area contributed by atoms with E-state index in [2.05, 4.69) is 4.98 Å². The van der Waals surface area contributed by atoms with Gasteiger partial charge in [0.1, 0.15) is 0 Å². The minimum atomic E-state index is -0.513. The lowest BCUT2D eigenvalue weighted by Crippen LogP contribution is -2.10. The molecule has 106 valence electrons. The van der Waals surface area contributed by atoms with Gasteiger partial charge in [-0.1, -0.05) is 13.0 Å². The maximum Gasteiger partial charge on any atom is 0.225 e. The van der Waals surface area contributed by atoms with Crippen LogP contribution in [0.2, 0.25) is 0 Å². The fourth-order valence-electron chi connectivity index (χ4n) is 1.27. The first-order chi connectivity index (χ1) is 9.01. The number of hydrogen-bond donors (Lipinski definition) is 1. The molecule has 0 spiro atoms. The summed E-state index contributed by atoms with van der Waals surface area (Å²) in [5, 5.41) is -1.00. The van der Waals surface area contributed by atoms with Crippen LogP contribution in [0.1, 0.15) is 25.5 Å². The molecule has 6 heteroatoms. The molecule has 1 heterocycles. The van der Waals surface area contributed by atoms with Crippen molar-refractivity contribution < 1.29 is 9.59 Å². The monoisotopic (exact) mass is 304 g/mol. The Morgan fingerprint density at radius 1 is 1.37 bits per heavy atom. The molecule has 1 aromatic rings. The molecular weight excluding hydrogens is 287 g/mol. The van der Waals surface area contributed by atoms with Gasteiger partial charge in [0.2, 0.25) is 10.5 Å². The number of rotatable bonds is 6. The first kappa shape index (κ1) is 18.0. The number of halogens is 2. The maximum atomic E-state index is 10.5. The Balaban J connectivity index is 0.000000342. The van der Waals surface area contributed by atoms with Crippen molar-refractivity contribution >= 4 is 33.7 Å². The third-order valence-corrected chi connectivity index (χ3v) is 2.81. The van der Waals surface area contributed by atoms with E-state index >= 15 is 0 Å². The average Bonchev–Trinajstić information content (AvgIpc) is 2.38. The molecule has 4 nitrogen and oxygen atoms in total. The van der Waals surface area contributed by atoms with E-state index in [0.29, 0.717) is 13.0 Å². The molecule has 1 rings (SSSR count). The van der Waals surface area contributed by atoms with Gasteiger partial charge in [-0.25, -0.2) is 0 Å². The van der Waals surface area contributed by atoms with Crippen molar-refractivity contribution in [3.8, 4) is 0 Å². The van der Waals surface area contributed by atoms with Crippen LogP contribution in [0.15, 0.2) is 24.4 Å². The molecule has 0 amide bonds. The molecule has 0 bridgehead atoms. The van der Waals surface area contributed by atoms with E-state index < -0.39 is 16.4 Å². The van der Waals surface area contributed by atoms with E-state index in [1.807, 2.05) is 18.2 Å². The van der Waals surface area contributed by atoms with E-state index in [1.54, 1.807) is 13.1 Å². The summed E-state index contributed by atoms with van der Waals surface area (Å²) in [6, 6.07) is 5.85. The number of hydrogen-bond acceptors (Lipinski definition) is 4. The largest absolute Gasteiger partial charge is 0.330 e. The highest BCUT2D eigenvalue weighted by molar-refractivity contribution is 6.66. The summed E-state index contributed by atoms with van der Waals surface area (Å²) in [6.45, 7) is 2.46. The molecule has 2 N–H and O–H groups in total. The van der Waals surface area contributed by atoms with E-state index in [0.717, 1.165) is 12.1 Å². The first-order valence-electron chi connectivity index (χ1n) is 5.98. The van der Waals surface area contributed by atoms with Crippen LogP contribution in [0.4, 0.5) is 0 Å². The molecule has 0 aliphatic carbocycles. The van der Waals surface area contributed by atoms with Crippen LogP contribution in [-0.4, -0.2) is 22.0 Å². The highest BCUT2D eigenvalue weighted by Gasteiger charge is 2.16. The van der Waals surface area contributed by atoms with Crippen molar-refractivity contribution in [2.45, 2.75) is 26.2 Å². The van der Waals surface area contributed by atoms with E-state index in [1.165, 1.54) is 0 Å². The SMILES string of the molecule is CCC(CC(=O)Cl)C(=O)Cl.NCCc1ccccn1. The van der Waals surface area contributed by atoms with Crippen molar-refractivity contribution in [3.63, 3.8) is 0 Å². The average molecular weight is 305 g/mol. The third kappa shape index (κ3) is 9.59. The molecule has 0 aromatic carbocycles. The summed E-state index contributed by atoms with van der Waals surface area (Å²) in [4.78, 5) is 24.8. The fourth-order valence-corrected chi connectivity index (χ4v) is 1.69. The zero-order valence-electron chi connectivity index (χ0n) is 10.8. The molecule has 1 unspecified atom stereocenters. The zero-order valence-corrected chi connectivity index (χ0v) is 12.3. The van der Waals surface area contributed by atoms with Crippen molar-refractivity contribution in [1.29, 1.82) is 0 Å². The zero-order chi connectivity index (χ0) is 14.7. The lowest BCUT2D eigenvalue weighted by Gasteiger charge is -2.03. The molecule has 1 aromatic heterocycles. The van der Waals surface area contributed by atoms with Gasteiger partial charge in [-0.3, -0.25) is 14.6 Å². The Morgan fingerprint density at radius 3 is 2.37 bits per heavy atom. The van der Waals surface area contributed by atoms with Crippen molar-refractivity contribution in [3.05, 3.63) is 30.1 Å². The lowest BCUT2D eigenvalue weighted by molar-refractivity contribution is -0.119. The van der Waals surface area contributed by atoms with Gasteiger partial charge in [0.15, 0.2) is 0 Å². The molecule has 0 saturated carbocycles. The van der Waals surface area contributed by atoms with Crippen LogP contribution in [0.3, 0.4) is 0 Å². The second-order valence-electron chi connectivity index (χ2n) is 3.83. The van der Waals surface area contributed by atoms with Gasteiger partial charge < -0.3 is 5.73 Å². The summed E-state index contributed by atoms with van der Waals surface area (Å²) in [5.41, 5.74) is 6.39. The van der Waals surface area contributed by atoms with Crippen LogP contribution in [0.5, 0.6) is 0 Å². The van der Waals surface area contributed by atoms with Gasteiger partial charge in [-0.2, -0.15) is 0 Å². The van der Waals surface area contributed by atoms with Crippen molar-refractivity contribution in [1.82, 2.24) is 4.98 Å². The number of pyridine rings is 1. The Bertz CT molecular complexity index is 385. The van der Waals surface area contributed by atoms with Gasteiger partial charge in [0.25, 0.3) is 0 Å². The number of nitrogens with two attached hydrogens (primary N) is 1. The molecular formula is C13H18Cl2N2O2. The van der Waals surface area contributed by atoms with E-state index in [4.69, 9.17) is 28.9 Å². The van der Waals surface area contributed by atoms with Crippen LogP contribution in [0, 0.1) is 5.92 Å². The molecule has 1 atom stereocenters. The number of nitrogens with zero attached hydrogens (tertiary/aromatic N) is 1. The minimum Gasteiger partial charge on any atom is -0.330 e. The fraction of sp³-hybridized carbons (Fsp3) is 0.462. The van der Waals surface area contributed by atoms with Crippen molar-refractivity contribution in [2.75, 3.05) is 6.54 Å². The van der Waals surface area contributed by atoms with Gasteiger partial charge in [-0.05, 0) is 48.3 Å². The van der Waals surface area contributed by atoms with Crippen LogP contribution in [0.25, 0.3) is 0 Å². The summed E-state index contributed by atoms with van der Waals surface area (Å²) >= 11 is 10.2. The molecule has 0 aliphatic rings. The molecule has 0 saturated heterocycles. The molecule has 0 aliphatic heterocycles. The summed E-state index contributed by atoms with van der Waals surface area (Å²) < 4.78 is 0. The number of carbonyl (C=O) groups excluding carboxylic acids is 2. The molecule has 0 radical (unpaired) electrons. The van der Waals surface area contributed by atoms with Crippen LogP contribution >= 0.6 is 23.2 Å². The standard InChI is InChI=1S/C7H10N2.C6H8Cl2O2/c8-5-4-7-3-1-2-6-9-7;1-2-4(6(8)10)3-5(7)9/h1-3,6H,4-5,8H2;4H,2-3H2,1H3. The number of carbonyl (C=O) groups is 2. The lowest BCUT2D eigenvalue weighted by atomic mass is 10.1. The van der Waals surface area contributed by atoms with Gasteiger partial charge in [0, 0.05) is 30.7 Å². The van der Waals surface area contributed by atoms with Gasteiger partial charge in [0.05, 0.1) is 0 Å². The first-order valence-corrected chi connectivity index (χ1v) is 6.74. The summed E-state index contributed by atoms with van der Waals surface area (Å²) in [7, 11) is 0. The topological polar surface area (TPSA) is 73.0 Å². The summed E-state index contributed by atoms with van der Waals surface area (Å²) in [6.07, 6.45) is 3.26. The van der Waals surface area contributed by atoms with E-state index in [-0.39, 0.29) is 6.42 Å².